The van der Waals surface area contributed by atoms with Crippen LogP contribution in [0.3, 0.4) is 0 Å². The van der Waals surface area contributed by atoms with E-state index in [1.165, 1.54) is 13.7 Å². The molecule has 4 heteroatoms. The molecule has 0 fully saturated rings. The Hall–Kier alpha value is 0.350. The van der Waals surface area contributed by atoms with Crippen LogP contribution in [0.25, 0.3) is 10.1 Å². The summed E-state index contributed by atoms with van der Waals surface area (Å²) in [5, 5.41) is 12.4. The molecule has 0 bridgehead atoms. The summed E-state index contributed by atoms with van der Waals surface area (Å²) >= 11 is 7.48. The summed E-state index contributed by atoms with van der Waals surface area (Å²) in [6.07, 6.45) is 0. The summed E-state index contributed by atoms with van der Waals surface area (Å²) in [5.74, 6) is 0. The average molecular weight is 369 g/mol. The number of rotatable bonds is 1. The molecule has 0 unspecified atom stereocenters. The lowest BCUT2D eigenvalue weighted by Gasteiger charge is -2.04. The molecule has 1 aromatic carbocycles. The van der Waals surface area contributed by atoms with Crippen LogP contribution in [0.4, 0.5) is 0 Å². The van der Waals surface area contributed by atoms with Crippen molar-refractivity contribution in [2.24, 2.45) is 0 Å². The van der Waals surface area contributed by atoms with Crippen LogP contribution < -0.4 is 0 Å². The number of halogens is 2. The predicted molar refractivity (Wildman–Crippen MR) is 68.2 cm³/mol. The van der Waals surface area contributed by atoms with Crippen molar-refractivity contribution in [1.29, 1.82) is 0 Å². The van der Waals surface area contributed by atoms with E-state index in [1.807, 2.05) is 6.07 Å². The molecule has 0 radical (unpaired) electrons. The Balaban J connectivity index is 2.83. The largest absolute Gasteiger partial charge is 0.392 e. The monoisotopic (exact) mass is 368 g/mol. The van der Waals surface area contributed by atoms with Gasteiger partial charge in [-0.15, -0.1) is 11.3 Å². The zero-order valence-electron chi connectivity index (χ0n) is 6.55. The molecule has 0 spiro atoms. The average Bonchev–Trinajstić information content (AvgIpc) is 2.59. The van der Waals surface area contributed by atoms with Crippen LogP contribution in [0.2, 0.25) is 0 Å². The van der Waals surface area contributed by atoms with E-state index < -0.39 is 0 Å². The van der Waals surface area contributed by atoms with Gasteiger partial charge in [-0.05, 0) is 61.6 Å². The summed E-state index contributed by atoms with van der Waals surface area (Å²) in [7, 11) is 0. The third-order valence-corrected chi connectivity index (χ3v) is 5.51. The van der Waals surface area contributed by atoms with Crippen molar-refractivity contribution in [2.45, 2.75) is 6.61 Å². The fraction of sp³-hybridized carbons (Fsp3) is 0.111. The Morgan fingerprint density at radius 3 is 3.00 bits per heavy atom. The van der Waals surface area contributed by atoms with Gasteiger partial charge in [-0.3, -0.25) is 0 Å². The van der Waals surface area contributed by atoms with Gasteiger partial charge in [0.15, 0.2) is 0 Å². The molecule has 0 aliphatic rings. The molecule has 1 N–H and O–H groups in total. The standard InChI is InChI=1S/C9H6BrIOS/c10-8-5(4-12)3-7-6(9(8)11)1-2-13-7/h1-3,12H,4H2. The molecule has 0 aliphatic heterocycles. The smallest absolute Gasteiger partial charge is 0.0693 e. The lowest BCUT2D eigenvalue weighted by Crippen LogP contribution is -1.87. The molecule has 68 valence electrons. The third-order valence-electron chi connectivity index (χ3n) is 1.88. The Labute approximate surface area is 102 Å². The van der Waals surface area contributed by atoms with Crippen LogP contribution in [0.15, 0.2) is 22.0 Å². The first-order valence-electron chi connectivity index (χ1n) is 3.69. The van der Waals surface area contributed by atoms with Gasteiger partial charge in [0.05, 0.1) is 6.61 Å². The van der Waals surface area contributed by atoms with E-state index in [4.69, 9.17) is 5.11 Å². The topological polar surface area (TPSA) is 20.2 Å². The molecule has 1 nitrogen and oxygen atoms in total. The van der Waals surface area contributed by atoms with Gasteiger partial charge in [0, 0.05) is 18.1 Å². The molecule has 0 amide bonds. The Morgan fingerprint density at radius 2 is 2.31 bits per heavy atom. The van der Waals surface area contributed by atoms with Crippen molar-refractivity contribution in [1.82, 2.24) is 0 Å². The van der Waals surface area contributed by atoms with Crippen LogP contribution >= 0.6 is 49.9 Å². The third kappa shape index (κ3) is 1.65. The second kappa shape index (κ2) is 3.84. The van der Waals surface area contributed by atoms with Crippen molar-refractivity contribution in [3.8, 4) is 0 Å². The highest BCUT2D eigenvalue weighted by atomic mass is 127. The fourth-order valence-corrected chi connectivity index (χ4v) is 3.52. The van der Waals surface area contributed by atoms with Gasteiger partial charge in [0.2, 0.25) is 0 Å². The highest BCUT2D eigenvalue weighted by Gasteiger charge is 2.08. The van der Waals surface area contributed by atoms with Gasteiger partial charge in [-0.1, -0.05) is 0 Å². The second-order valence-electron chi connectivity index (χ2n) is 2.65. The molecule has 2 aromatic rings. The van der Waals surface area contributed by atoms with Crippen LogP contribution in [0.1, 0.15) is 5.56 Å². The molecular weight excluding hydrogens is 363 g/mol. The molecule has 13 heavy (non-hydrogen) atoms. The van der Waals surface area contributed by atoms with E-state index >= 15 is 0 Å². The molecule has 0 atom stereocenters. The highest BCUT2D eigenvalue weighted by molar-refractivity contribution is 14.1. The molecule has 0 saturated carbocycles. The first kappa shape index (κ1) is 9.89. The summed E-state index contributed by atoms with van der Waals surface area (Å²) in [6, 6.07) is 4.14. The number of fused-ring (bicyclic) bond motifs is 1. The first-order valence-corrected chi connectivity index (χ1v) is 6.44. The van der Waals surface area contributed by atoms with Crippen molar-refractivity contribution >= 4 is 59.9 Å². The molecular formula is C9H6BrIOS. The maximum absolute atomic E-state index is 9.11. The Kier molecular flexibility index (Phi) is 2.92. The van der Waals surface area contributed by atoms with Gasteiger partial charge in [-0.25, -0.2) is 0 Å². The SMILES string of the molecule is OCc1cc2sccc2c(I)c1Br. The Bertz CT molecular complexity index is 452. The van der Waals surface area contributed by atoms with Crippen LogP contribution in [0.5, 0.6) is 0 Å². The normalized spacial score (nSPS) is 11.0. The van der Waals surface area contributed by atoms with E-state index in [2.05, 4.69) is 50.0 Å². The predicted octanol–water partition coefficient (Wildman–Crippen LogP) is 3.76. The van der Waals surface area contributed by atoms with E-state index in [-0.39, 0.29) is 6.61 Å². The highest BCUT2D eigenvalue weighted by Crippen LogP contribution is 2.34. The summed E-state index contributed by atoms with van der Waals surface area (Å²) in [4.78, 5) is 0. The van der Waals surface area contributed by atoms with Crippen LogP contribution in [0, 0.1) is 3.57 Å². The minimum Gasteiger partial charge on any atom is -0.392 e. The second-order valence-corrected chi connectivity index (χ2v) is 5.47. The summed E-state index contributed by atoms with van der Waals surface area (Å²) in [5.41, 5.74) is 0.958. The lowest BCUT2D eigenvalue weighted by molar-refractivity contribution is 0.281. The number of aliphatic hydroxyl groups excluding tert-OH is 1. The molecule has 0 saturated heterocycles. The van der Waals surface area contributed by atoms with E-state index in [1.54, 1.807) is 11.3 Å². The number of aliphatic hydroxyl groups is 1. The van der Waals surface area contributed by atoms with Gasteiger partial charge >= 0.3 is 0 Å². The van der Waals surface area contributed by atoms with Crippen molar-refractivity contribution in [3.63, 3.8) is 0 Å². The maximum Gasteiger partial charge on any atom is 0.0693 e. The van der Waals surface area contributed by atoms with Gasteiger partial charge in [-0.2, -0.15) is 0 Å². The van der Waals surface area contributed by atoms with E-state index in [0.717, 1.165) is 10.0 Å². The van der Waals surface area contributed by atoms with Crippen molar-refractivity contribution in [3.05, 3.63) is 31.1 Å². The number of hydrogen-bond donors (Lipinski definition) is 1. The van der Waals surface area contributed by atoms with E-state index in [0.29, 0.717) is 0 Å². The molecule has 1 aromatic heterocycles. The number of hydrogen-bond acceptors (Lipinski definition) is 2. The van der Waals surface area contributed by atoms with Crippen LogP contribution in [-0.2, 0) is 6.61 Å². The minimum atomic E-state index is 0.0877. The zero-order valence-corrected chi connectivity index (χ0v) is 11.1. The summed E-state index contributed by atoms with van der Waals surface area (Å²) < 4.78 is 3.43. The fourth-order valence-electron chi connectivity index (χ4n) is 1.21. The molecule has 0 aliphatic carbocycles. The summed E-state index contributed by atoms with van der Waals surface area (Å²) in [6.45, 7) is 0.0877. The zero-order chi connectivity index (χ0) is 9.42. The van der Waals surface area contributed by atoms with Crippen molar-refractivity contribution < 1.29 is 5.11 Å². The van der Waals surface area contributed by atoms with Gasteiger partial charge in [0.25, 0.3) is 0 Å². The van der Waals surface area contributed by atoms with Crippen molar-refractivity contribution in [2.75, 3.05) is 0 Å². The molecule has 2 rings (SSSR count). The van der Waals surface area contributed by atoms with E-state index in [9.17, 15) is 0 Å². The first-order chi connectivity index (χ1) is 6.24. The number of benzene rings is 1. The van der Waals surface area contributed by atoms with Gasteiger partial charge < -0.3 is 5.11 Å². The van der Waals surface area contributed by atoms with Gasteiger partial charge in [0.1, 0.15) is 0 Å². The number of thiophene rings is 1. The molecule has 1 heterocycles. The lowest BCUT2D eigenvalue weighted by atomic mass is 10.2. The maximum atomic E-state index is 9.11. The Morgan fingerprint density at radius 1 is 1.54 bits per heavy atom. The quantitative estimate of drug-likeness (QED) is 0.760. The minimum absolute atomic E-state index is 0.0877. The van der Waals surface area contributed by atoms with Crippen LogP contribution in [-0.4, -0.2) is 5.11 Å².